The van der Waals surface area contributed by atoms with Crippen molar-refractivity contribution in [3.8, 4) is 17.2 Å². The molecule has 1 aliphatic heterocycles. The summed E-state index contributed by atoms with van der Waals surface area (Å²) in [6, 6.07) is 35.3. The number of hydrogen-bond donors (Lipinski definition) is 3. The predicted molar refractivity (Wildman–Crippen MR) is 191 cm³/mol. The Bertz CT molecular complexity index is 2060. The van der Waals surface area contributed by atoms with Crippen molar-refractivity contribution in [2.75, 3.05) is 13.2 Å². The summed E-state index contributed by atoms with van der Waals surface area (Å²) in [5, 5.41) is 21.6. The highest BCUT2D eigenvalue weighted by atomic mass is 79.9. The number of guanidine groups is 1. The summed E-state index contributed by atoms with van der Waals surface area (Å²) in [5.41, 5.74) is 4.06. The number of hydrogen-bond acceptors (Lipinski definition) is 5. The maximum Gasteiger partial charge on any atom is 0.270 e. The number of nitrogens with one attached hydrogen (secondary N) is 3. The van der Waals surface area contributed by atoms with Gasteiger partial charge in [-0.2, -0.15) is 0 Å². The second-order valence-electron chi connectivity index (χ2n) is 11.3. The second-order valence-corrected chi connectivity index (χ2v) is 11.3. The molecule has 10 heteroatoms. The first-order valence-electron chi connectivity index (χ1n) is 15.4. The summed E-state index contributed by atoms with van der Waals surface area (Å²) < 4.78 is 12.1. The minimum atomic E-state index is -0.364. The molecule has 3 N–H and O–H groups in total. The van der Waals surface area contributed by atoms with Crippen molar-refractivity contribution in [2.24, 2.45) is 4.99 Å². The van der Waals surface area contributed by atoms with Crippen molar-refractivity contribution < 1.29 is 14.4 Å². The summed E-state index contributed by atoms with van der Waals surface area (Å²) in [7, 11) is 0. The Kier molecular flexibility index (Phi) is 9.68. The maximum absolute atomic E-state index is 11.3. The lowest BCUT2D eigenvalue weighted by Gasteiger charge is -2.28. The molecule has 1 aliphatic rings. The Balaban J connectivity index is 0.00000386. The van der Waals surface area contributed by atoms with Gasteiger partial charge in [0, 0.05) is 47.8 Å². The highest BCUT2D eigenvalue weighted by Crippen LogP contribution is 2.32. The van der Waals surface area contributed by atoms with E-state index in [4.69, 9.17) is 14.5 Å². The van der Waals surface area contributed by atoms with E-state index in [0.29, 0.717) is 32.1 Å². The van der Waals surface area contributed by atoms with Crippen LogP contribution in [0.1, 0.15) is 29.2 Å². The van der Waals surface area contributed by atoms with Gasteiger partial charge in [0.1, 0.15) is 17.2 Å². The van der Waals surface area contributed by atoms with Crippen LogP contribution < -0.4 is 20.1 Å². The molecule has 0 saturated carbocycles. The number of aromatic amines is 1. The van der Waals surface area contributed by atoms with Gasteiger partial charge in [-0.3, -0.25) is 10.1 Å². The number of nitro benzene ring substituents is 1. The first kappa shape index (κ1) is 31.6. The smallest absolute Gasteiger partial charge is 0.270 e. The van der Waals surface area contributed by atoms with Crippen LogP contribution in [0.15, 0.2) is 120 Å². The maximum atomic E-state index is 11.3. The van der Waals surface area contributed by atoms with Crippen LogP contribution in [0.25, 0.3) is 21.7 Å². The molecule has 7 rings (SSSR count). The fraction of sp³-hybridized carbons (Fsp3) is 0.162. The molecule has 0 spiro atoms. The van der Waals surface area contributed by atoms with E-state index in [1.807, 2.05) is 72.9 Å². The molecular weight excluding hydrogens is 658 g/mol. The number of nitrogens with zero attached hydrogens (tertiary/aromatic N) is 2. The molecule has 1 unspecified atom stereocenters. The Morgan fingerprint density at radius 1 is 0.936 bits per heavy atom. The number of benzene rings is 5. The first-order chi connectivity index (χ1) is 22.6. The summed E-state index contributed by atoms with van der Waals surface area (Å²) in [6.45, 7) is 1.64. The van der Waals surface area contributed by atoms with Crippen LogP contribution in [-0.2, 0) is 13.0 Å². The van der Waals surface area contributed by atoms with E-state index in [1.165, 1.54) is 11.5 Å². The largest absolute Gasteiger partial charge is 0.493 e. The zero-order chi connectivity index (χ0) is 31.3. The summed E-state index contributed by atoms with van der Waals surface area (Å²) in [5.74, 6) is 3.08. The third kappa shape index (κ3) is 7.39. The molecule has 0 radical (unpaired) electrons. The number of nitro groups is 1. The van der Waals surface area contributed by atoms with Gasteiger partial charge in [0.25, 0.3) is 5.69 Å². The Morgan fingerprint density at radius 2 is 1.77 bits per heavy atom. The molecule has 0 bridgehead atoms. The monoisotopic (exact) mass is 691 g/mol. The molecule has 6 aromatic rings. The van der Waals surface area contributed by atoms with Crippen LogP contribution in [0.2, 0.25) is 0 Å². The zero-order valence-corrected chi connectivity index (χ0v) is 27.2. The normalized spacial score (nSPS) is 14.1. The Labute approximate surface area is 282 Å². The molecule has 0 fully saturated rings. The number of H-pyrrole nitrogens is 1. The van der Waals surface area contributed by atoms with Crippen LogP contribution in [0.4, 0.5) is 5.69 Å². The summed E-state index contributed by atoms with van der Waals surface area (Å²) >= 11 is 0. The van der Waals surface area contributed by atoms with Gasteiger partial charge in [0.05, 0.1) is 24.1 Å². The van der Waals surface area contributed by atoms with Gasteiger partial charge in [-0.05, 0) is 64.7 Å². The molecule has 0 amide bonds. The van der Waals surface area contributed by atoms with E-state index in [1.54, 1.807) is 12.1 Å². The molecule has 238 valence electrons. The topological polar surface area (TPSA) is 114 Å². The average molecular weight is 693 g/mol. The van der Waals surface area contributed by atoms with E-state index in [9.17, 15) is 10.1 Å². The number of ether oxygens (including phenoxy) is 2. The molecule has 5 aromatic carbocycles. The molecule has 0 saturated heterocycles. The van der Waals surface area contributed by atoms with E-state index < -0.39 is 0 Å². The predicted octanol–water partition coefficient (Wildman–Crippen LogP) is 8.40. The van der Waals surface area contributed by atoms with Gasteiger partial charge in [-0.25, -0.2) is 4.99 Å². The lowest BCUT2D eigenvalue weighted by Crippen LogP contribution is -2.41. The molecule has 0 aliphatic carbocycles. The molecule has 9 nitrogen and oxygen atoms in total. The van der Waals surface area contributed by atoms with Gasteiger partial charge in [0.15, 0.2) is 5.96 Å². The van der Waals surface area contributed by atoms with Crippen molar-refractivity contribution in [1.82, 2.24) is 15.6 Å². The lowest BCUT2D eigenvalue weighted by molar-refractivity contribution is -0.384. The lowest BCUT2D eigenvalue weighted by atomic mass is 10.0. The van der Waals surface area contributed by atoms with E-state index in [-0.39, 0.29) is 33.6 Å². The first-order valence-corrected chi connectivity index (χ1v) is 15.4. The molecular formula is C37H34BrN5O4. The highest BCUT2D eigenvalue weighted by Gasteiger charge is 2.22. The number of non-ortho nitro benzene ring substituents is 1. The number of aliphatic imine (C=N–C) groups is 1. The highest BCUT2D eigenvalue weighted by molar-refractivity contribution is 8.93. The summed E-state index contributed by atoms with van der Waals surface area (Å²) in [6.07, 6.45) is 3.37. The van der Waals surface area contributed by atoms with E-state index in [0.717, 1.165) is 56.6 Å². The Morgan fingerprint density at radius 3 is 2.66 bits per heavy atom. The second kappa shape index (κ2) is 14.4. The Hall–Kier alpha value is -5.35. The van der Waals surface area contributed by atoms with Gasteiger partial charge in [-0.15, -0.1) is 17.0 Å². The summed E-state index contributed by atoms with van der Waals surface area (Å²) in [4.78, 5) is 19.2. The average Bonchev–Trinajstić information content (AvgIpc) is 3.49. The number of halogens is 1. The zero-order valence-electron chi connectivity index (χ0n) is 25.5. The number of aromatic nitrogens is 1. The van der Waals surface area contributed by atoms with Gasteiger partial charge in [0.2, 0.25) is 0 Å². The van der Waals surface area contributed by atoms with Crippen LogP contribution in [0.3, 0.4) is 0 Å². The minimum absolute atomic E-state index is 0. The fourth-order valence-corrected chi connectivity index (χ4v) is 5.86. The van der Waals surface area contributed by atoms with Crippen LogP contribution in [0.5, 0.6) is 17.2 Å². The quantitative estimate of drug-likeness (QED) is 0.0607. The van der Waals surface area contributed by atoms with Crippen molar-refractivity contribution in [1.29, 1.82) is 0 Å². The van der Waals surface area contributed by atoms with Crippen molar-refractivity contribution in [2.45, 2.75) is 25.4 Å². The van der Waals surface area contributed by atoms with Crippen LogP contribution >= 0.6 is 17.0 Å². The van der Waals surface area contributed by atoms with Gasteiger partial charge in [-0.1, -0.05) is 60.7 Å². The number of para-hydroxylation sites is 1. The van der Waals surface area contributed by atoms with Gasteiger partial charge >= 0.3 is 0 Å². The van der Waals surface area contributed by atoms with E-state index >= 15 is 0 Å². The fourth-order valence-electron chi connectivity index (χ4n) is 5.86. The standard InChI is InChI=1S/C37H33N5O4.BrH/c43-42(44)29-13-15-34-33(22-29)28(24-39-34)16-18-38-37(41-35-17-19-45-36-11-4-3-10-32(35)36)40-23-25-6-5-9-30(20-25)46-31-14-12-26-7-1-2-8-27(26)21-31;/h1-15,20-22,24,35,39H,16-19,23H2,(H2,38,40,41);1H. The molecule has 2 heterocycles. The minimum Gasteiger partial charge on any atom is -0.493 e. The third-order valence-electron chi connectivity index (χ3n) is 8.19. The number of rotatable bonds is 9. The van der Waals surface area contributed by atoms with Crippen molar-refractivity contribution in [3.05, 3.63) is 142 Å². The van der Waals surface area contributed by atoms with E-state index in [2.05, 4.69) is 39.9 Å². The van der Waals surface area contributed by atoms with Crippen molar-refractivity contribution in [3.63, 3.8) is 0 Å². The van der Waals surface area contributed by atoms with Crippen LogP contribution in [0, 0.1) is 10.1 Å². The number of fused-ring (bicyclic) bond motifs is 3. The van der Waals surface area contributed by atoms with Gasteiger partial charge < -0.3 is 25.1 Å². The third-order valence-corrected chi connectivity index (χ3v) is 8.19. The van der Waals surface area contributed by atoms with Crippen LogP contribution in [-0.4, -0.2) is 29.0 Å². The SMILES string of the molecule is Br.O=[N+]([O-])c1ccc2[nH]cc(CCNC(=NCc3cccc(Oc4ccc5ccccc5c4)c3)NC3CCOc4ccccc43)c2c1. The molecule has 1 aromatic heterocycles. The molecule has 1 atom stereocenters. The van der Waals surface area contributed by atoms with Crippen molar-refractivity contribution >= 4 is 50.3 Å². The molecule has 47 heavy (non-hydrogen) atoms.